The third-order valence-electron chi connectivity index (χ3n) is 9.83. The lowest BCUT2D eigenvalue weighted by atomic mass is 10.1. The minimum atomic E-state index is -3.65. The molecule has 21 heteroatoms. The number of nitrogens with zero attached hydrogens (tertiary/aromatic N) is 8. The standard InChI is InChI=1S/C20H19F2N5O4S.C19H22N4O4S/c1-25-15-9-8-14(10-16(15)26(2)20(25)28)27(32(3,29)30)11-12-4-6-13(7-5-12)18-23-24-19(31-18)17(21)22;1-21-16-9-8-15(10-17(16)22(2)19(21)25)23(28(3,26)27)12-13-4-6-14(7-5-13)18(24)11-20/h4-10,17H,11H2,1-3H3;4-10H,11-12,20H2,1-3H3. The van der Waals surface area contributed by atoms with Crippen LogP contribution in [0.15, 0.2) is 98.9 Å². The van der Waals surface area contributed by atoms with Crippen molar-refractivity contribution in [1.29, 1.82) is 0 Å². The average molecular weight is 866 g/mol. The van der Waals surface area contributed by atoms with Crippen molar-refractivity contribution in [2.45, 2.75) is 19.5 Å². The Bertz CT molecular complexity index is 3080. The van der Waals surface area contributed by atoms with Crippen molar-refractivity contribution in [3.05, 3.63) is 128 Å². The van der Waals surface area contributed by atoms with E-state index in [2.05, 4.69) is 10.2 Å². The molecule has 7 rings (SSSR count). The lowest BCUT2D eigenvalue weighted by Gasteiger charge is -2.23. The smallest absolute Gasteiger partial charge is 0.328 e. The van der Waals surface area contributed by atoms with Gasteiger partial charge in [-0.25, -0.2) is 26.4 Å². The van der Waals surface area contributed by atoms with E-state index in [0.717, 1.165) is 18.1 Å². The summed E-state index contributed by atoms with van der Waals surface area (Å²) in [4.78, 5) is 36.0. The van der Waals surface area contributed by atoms with Crippen LogP contribution in [-0.4, -0.2) is 70.1 Å². The summed E-state index contributed by atoms with van der Waals surface area (Å²) in [5.41, 5.74) is 10.8. The van der Waals surface area contributed by atoms with Gasteiger partial charge in [0.05, 0.1) is 65.6 Å². The number of alkyl halides is 2. The van der Waals surface area contributed by atoms with Crippen molar-refractivity contribution >= 4 is 59.3 Å². The number of carbonyl (C=O) groups excluding carboxylic acids is 1. The summed E-state index contributed by atoms with van der Waals surface area (Å²) < 4.78 is 88.6. The van der Waals surface area contributed by atoms with Gasteiger partial charge < -0.3 is 10.2 Å². The number of ketones is 1. The number of nitrogens with two attached hydrogens (primary N) is 1. The van der Waals surface area contributed by atoms with Crippen molar-refractivity contribution < 1.29 is 34.8 Å². The molecule has 0 amide bonds. The number of aryl methyl sites for hydroxylation is 4. The summed E-state index contributed by atoms with van der Waals surface area (Å²) in [5.74, 6) is -0.998. The molecule has 0 unspecified atom stereocenters. The van der Waals surface area contributed by atoms with Crippen LogP contribution in [0, 0.1) is 0 Å². The van der Waals surface area contributed by atoms with Gasteiger partial charge in [-0.2, -0.15) is 8.78 Å². The van der Waals surface area contributed by atoms with Gasteiger partial charge in [-0.3, -0.25) is 31.7 Å². The maximum Gasteiger partial charge on any atom is 0.328 e. The number of anilines is 2. The third kappa shape index (κ3) is 8.77. The van der Waals surface area contributed by atoms with Crippen molar-refractivity contribution in [3.8, 4) is 11.5 Å². The topological polar surface area (TPSA) is 211 Å². The van der Waals surface area contributed by atoms with Crippen LogP contribution >= 0.6 is 0 Å². The number of benzene rings is 4. The molecule has 7 aromatic rings. The lowest BCUT2D eigenvalue weighted by molar-refractivity contribution is 0.100. The fourth-order valence-electron chi connectivity index (χ4n) is 6.54. The SMILES string of the molecule is Cn1c(=O)n(C)c2cc(N(Cc3ccc(-c4nnc(C(F)F)o4)cc3)S(C)(=O)=O)ccc21.Cn1c(=O)n(C)c2cc(N(Cc3ccc(C(=O)CN)cc3)S(C)(=O)=O)ccc21. The van der Waals surface area contributed by atoms with E-state index in [1.807, 2.05) is 0 Å². The van der Waals surface area contributed by atoms with E-state index in [-0.39, 0.29) is 42.7 Å². The Hall–Kier alpha value is -6.45. The molecule has 0 fully saturated rings. The molecule has 0 spiro atoms. The number of fused-ring (bicyclic) bond motifs is 2. The molecule has 60 heavy (non-hydrogen) atoms. The van der Waals surface area contributed by atoms with E-state index in [0.29, 0.717) is 50.1 Å². The molecule has 0 atom stereocenters. The number of imidazole rings is 2. The van der Waals surface area contributed by atoms with Gasteiger partial charge in [0, 0.05) is 39.3 Å². The highest BCUT2D eigenvalue weighted by Gasteiger charge is 2.22. The lowest BCUT2D eigenvalue weighted by Crippen LogP contribution is -2.29. The van der Waals surface area contributed by atoms with Crippen LogP contribution in [0.3, 0.4) is 0 Å². The van der Waals surface area contributed by atoms with Crippen molar-refractivity contribution in [1.82, 2.24) is 28.5 Å². The Morgan fingerprint density at radius 1 is 0.667 bits per heavy atom. The minimum absolute atomic E-state index is 0.0253. The predicted octanol–water partition coefficient (Wildman–Crippen LogP) is 3.82. The van der Waals surface area contributed by atoms with Gasteiger partial charge in [-0.05, 0) is 59.7 Å². The number of sulfonamides is 2. The summed E-state index contributed by atoms with van der Waals surface area (Å²) in [6.45, 7) is 0.0460. The van der Waals surface area contributed by atoms with Gasteiger partial charge in [-0.15, -0.1) is 10.2 Å². The van der Waals surface area contributed by atoms with Crippen molar-refractivity contribution in [3.63, 3.8) is 0 Å². The number of carbonyl (C=O) groups is 1. The molecule has 0 saturated carbocycles. The maximum atomic E-state index is 12.6. The molecule has 2 N–H and O–H groups in total. The first-order valence-corrected chi connectivity index (χ1v) is 21.7. The highest BCUT2D eigenvalue weighted by atomic mass is 32.2. The van der Waals surface area contributed by atoms with Gasteiger partial charge in [0.15, 0.2) is 5.78 Å². The van der Waals surface area contributed by atoms with E-state index in [1.165, 1.54) is 26.9 Å². The molecule has 0 radical (unpaired) electrons. The fourth-order valence-corrected chi connectivity index (χ4v) is 8.30. The number of halogens is 2. The van der Waals surface area contributed by atoms with Crippen LogP contribution in [0.4, 0.5) is 20.2 Å². The summed E-state index contributed by atoms with van der Waals surface area (Å²) in [6.07, 6.45) is -0.631. The van der Waals surface area contributed by atoms with Gasteiger partial charge in [0.25, 0.3) is 5.89 Å². The van der Waals surface area contributed by atoms with Crippen LogP contribution in [0.2, 0.25) is 0 Å². The van der Waals surface area contributed by atoms with Gasteiger partial charge in [0.1, 0.15) is 0 Å². The van der Waals surface area contributed by atoms with Crippen molar-refractivity contribution in [2.75, 3.05) is 27.7 Å². The molecular formula is C39H41F2N9O8S2. The van der Waals surface area contributed by atoms with Gasteiger partial charge in [-0.1, -0.05) is 36.4 Å². The zero-order chi connectivity index (χ0) is 43.8. The maximum absolute atomic E-state index is 12.6. The second kappa shape index (κ2) is 16.7. The molecule has 0 aliphatic heterocycles. The van der Waals surface area contributed by atoms with E-state index in [4.69, 9.17) is 10.2 Å². The predicted molar refractivity (Wildman–Crippen MR) is 223 cm³/mol. The molecule has 3 heterocycles. The molecule has 17 nitrogen and oxygen atoms in total. The number of hydrogen-bond acceptors (Lipinski definition) is 11. The Labute approximate surface area is 342 Å². The Morgan fingerprint density at radius 3 is 1.47 bits per heavy atom. The molecular weight excluding hydrogens is 825 g/mol. The van der Waals surface area contributed by atoms with Crippen molar-refractivity contribution in [2.24, 2.45) is 33.9 Å². The summed E-state index contributed by atoms with van der Waals surface area (Å²) in [6, 6.07) is 23.2. The first kappa shape index (κ1) is 43.1. The van der Waals surface area contributed by atoms with Crippen LogP contribution in [-0.2, 0) is 61.3 Å². The third-order valence-corrected chi connectivity index (χ3v) is 12.1. The van der Waals surface area contributed by atoms with Gasteiger partial charge in [0.2, 0.25) is 25.9 Å². The molecule has 0 aliphatic rings. The largest absolute Gasteiger partial charge is 0.415 e. The summed E-state index contributed by atoms with van der Waals surface area (Å²) in [5, 5.41) is 6.89. The normalized spacial score (nSPS) is 11.9. The zero-order valence-corrected chi connectivity index (χ0v) is 34.9. The highest BCUT2D eigenvalue weighted by molar-refractivity contribution is 7.92. The van der Waals surface area contributed by atoms with E-state index in [1.54, 1.807) is 113 Å². The second-order valence-corrected chi connectivity index (χ2v) is 17.8. The number of hydrogen-bond donors (Lipinski definition) is 1. The quantitative estimate of drug-likeness (QED) is 0.175. The first-order valence-electron chi connectivity index (χ1n) is 18.0. The summed E-state index contributed by atoms with van der Waals surface area (Å²) in [7, 11) is -0.653. The zero-order valence-electron chi connectivity index (χ0n) is 33.3. The fraction of sp³-hybridized carbons (Fsp3) is 0.256. The number of rotatable bonds is 12. The highest BCUT2D eigenvalue weighted by Crippen LogP contribution is 2.28. The Kier molecular flexibility index (Phi) is 12.0. The number of Topliss-reactive ketones (excluding diaryl/α,β-unsaturated/α-hetero) is 1. The number of aromatic nitrogens is 6. The Morgan fingerprint density at radius 2 is 1.08 bits per heavy atom. The van der Waals surface area contributed by atoms with Crippen LogP contribution < -0.4 is 25.7 Å². The molecule has 4 aromatic carbocycles. The molecule has 316 valence electrons. The first-order chi connectivity index (χ1) is 28.2. The minimum Gasteiger partial charge on any atom is -0.415 e. The van der Waals surface area contributed by atoms with Crippen LogP contribution in [0.25, 0.3) is 33.5 Å². The van der Waals surface area contributed by atoms with E-state index < -0.39 is 32.4 Å². The monoisotopic (exact) mass is 865 g/mol. The molecule has 0 aliphatic carbocycles. The van der Waals surface area contributed by atoms with Crippen LogP contribution in [0.1, 0.15) is 33.8 Å². The molecule has 0 bridgehead atoms. The van der Waals surface area contributed by atoms with E-state index in [9.17, 15) is 40.0 Å². The van der Waals surface area contributed by atoms with Crippen LogP contribution in [0.5, 0.6) is 0 Å². The average Bonchev–Trinajstić information content (AvgIpc) is 3.86. The molecule has 3 aromatic heterocycles. The second-order valence-electron chi connectivity index (χ2n) is 14.0. The van der Waals surface area contributed by atoms with E-state index >= 15 is 0 Å². The Balaban J connectivity index is 0.000000203. The van der Waals surface area contributed by atoms with Gasteiger partial charge >= 0.3 is 17.8 Å². The summed E-state index contributed by atoms with van der Waals surface area (Å²) >= 11 is 0. The molecule has 0 saturated heterocycles.